The minimum atomic E-state index is -0.425. The smallest absolute Gasteiger partial charge is 0.161 e. The maximum absolute atomic E-state index is 10.2. The van der Waals surface area contributed by atoms with Gasteiger partial charge < -0.3 is 15.0 Å². The second-order valence-electron chi connectivity index (χ2n) is 5.32. The molecule has 1 saturated carbocycles. The van der Waals surface area contributed by atoms with Crippen molar-refractivity contribution < 1.29 is 5.11 Å². The molecular formula is C14H16N6O. The van der Waals surface area contributed by atoms with Crippen LogP contribution < -0.4 is 5.32 Å². The van der Waals surface area contributed by atoms with Crippen LogP contribution in [0.4, 0.5) is 5.82 Å². The molecule has 1 unspecified atom stereocenters. The number of hydrogen-bond acceptors (Lipinski definition) is 6. The zero-order valence-corrected chi connectivity index (χ0v) is 11.4. The van der Waals surface area contributed by atoms with Gasteiger partial charge in [0, 0.05) is 18.9 Å². The van der Waals surface area contributed by atoms with Crippen LogP contribution in [-0.4, -0.2) is 36.8 Å². The number of imidazole rings is 1. The van der Waals surface area contributed by atoms with Gasteiger partial charge in [-0.2, -0.15) is 5.26 Å². The third-order valence-electron chi connectivity index (χ3n) is 3.74. The Labute approximate surface area is 122 Å². The van der Waals surface area contributed by atoms with Crippen LogP contribution in [0, 0.1) is 17.2 Å². The Morgan fingerprint density at radius 3 is 3.05 bits per heavy atom. The molecule has 0 aliphatic heterocycles. The number of aromatic nitrogens is 4. The van der Waals surface area contributed by atoms with Gasteiger partial charge in [0.15, 0.2) is 5.69 Å². The average molecular weight is 284 g/mol. The molecule has 0 amide bonds. The van der Waals surface area contributed by atoms with Crippen LogP contribution in [0.2, 0.25) is 0 Å². The van der Waals surface area contributed by atoms with Gasteiger partial charge in [-0.25, -0.2) is 9.97 Å². The molecule has 0 radical (unpaired) electrons. The van der Waals surface area contributed by atoms with E-state index in [-0.39, 0.29) is 11.7 Å². The van der Waals surface area contributed by atoms with Crippen molar-refractivity contribution in [1.82, 2.24) is 19.5 Å². The Morgan fingerprint density at radius 1 is 1.38 bits per heavy atom. The molecule has 0 aromatic carbocycles. The number of hydrogen-bond donors (Lipinski definition) is 2. The molecule has 0 saturated heterocycles. The molecule has 1 aliphatic carbocycles. The van der Waals surface area contributed by atoms with E-state index in [1.54, 1.807) is 18.7 Å². The lowest BCUT2D eigenvalue weighted by Crippen LogP contribution is -2.28. The van der Waals surface area contributed by atoms with Gasteiger partial charge in [-0.1, -0.05) is 0 Å². The van der Waals surface area contributed by atoms with Crippen LogP contribution in [0.15, 0.2) is 31.1 Å². The molecule has 1 aliphatic rings. The lowest BCUT2D eigenvalue weighted by molar-refractivity contribution is 0.166. The molecule has 0 spiro atoms. The SMILES string of the molecule is N#Cc1cncc(N[C@@H]2CC(Cn3ccnc3)C[C@H]2O)n1. The molecule has 108 valence electrons. The summed E-state index contributed by atoms with van der Waals surface area (Å²) in [6, 6.07) is 1.89. The predicted octanol–water partition coefficient (Wildman–Crippen LogP) is 0.796. The summed E-state index contributed by atoms with van der Waals surface area (Å²) >= 11 is 0. The average Bonchev–Trinajstić information content (AvgIpc) is 3.10. The second kappa shape index (κ2) is 5.89. The first-order valence-corrected chi connectivity index (χ1v) is 6.87. The first-order valence-electron chi connectivity index (χ1n) is 6.87. The van der Waals surface area contributed by atoms with Crippen LogP contribution >= 0.6 is 0 Å². The van der Waals surface area contributed by atoms with Crippen LogP contribution in [0.5, 0.6) is 0 Å². The van der Waals surface area contributed by atoms with E-state index >= 15 is 0 Å². The van der Waals surface area contributed by atoms with Crippen molar-refractivity contribution in [3.8, 4) is 6.07 Å². The molecule has 7 heteroatoms. The summed E-state index contributed by atoms with van der Waals surface area (Å²) in [6.45, 7) is 0.846. The van der Waals surface area contributed by atoms with E-state index < -0.39 is 6.10 Å². The van der Waals surface area contributed by atoms with E-state index in [1.807, 2.05) is 16.8 Å². The normalized spacial score (nSPS) is 24.7. The van der Waals surface area contributed by atoms with Gasteiger partial charge in [0.25, 0.3) is 0 Å². The molecule has 2 aromatic rings. The number of aliphatic hydroxyl groups excluding tert-OH is 1. The van der Waals surface area contributed by atoms with E-state index in [0.29, 0.717) is 11.7 Å². The third kappa shape index (κ3) is 3.17. The third-order valence-corrected chi connectivity index (χ3v) is 3.74. The summed E-state index contributed by atoms with van der Waals surface area (Å²) in [7, 11) is 0. The van der Waals surface area contributed by atoms with Gasteiger partial charge in [0.1, 0.15) is 11.9 Å². The first-order chi connectivity index (χ1) is 10.2. The van der Waals surface area contributed by atoms with Crippen molar-refractivity contribution in [1.29, 1.82) is 5.26 Å². The molecule has 7 nitrogen and oxygen atoms in total. The van der Waals surface area contributed by atoms with Crippen molar-refractivity contribution in [2.24, 2.45) is 5.92 Å². The number of nitrogens with one attached hydrogen (secondary N) is 1. The summed E-state index contributed by atoms with van der Waals surface area (Å²) in [5.74, 6) is 0.917. The maximum atomic E-state index is 10.2. The topological polar surface area (TPSA) is 99.7 Å². The highest BCUT2D eigenvalue weighted by molar-refractivity contribution is 5.36. The van der Waals surface area contributed by atoms with Crippen molar-refractivity contribution in [3.63, 3.8) is 0 Å². The summed E-state index contributed by atoms with van der Waals surface area (Å²) in [4.78, 5) is 12.1. The molecule has 0 bridgehead atoms. The molecular weight excluding hydrogens is 268 g/mol. The zero-order valence-electron chi connectivity index (χ0n) is 11.4. The molecule has 2 aromatic heterocycles. The van der Waals surface area contributed by atoms with Gasteiger partial charge in [-0.3, -0.25) is 4.98 Å². The quantitative estimate of drug-likeness (QED) is 0.861. The second-order valence-corrected chi connectivity index (χ2v) is 5.32. The molecule has 1 fully saturated rings. The summed E-state index contributed by atoms with van der Waals surface area (Å²) < 4.78 is 2.02. The Bertz CT molecular complexity index is 635. The summed E-state index contributed by atoms with van der Waals surface area (Å²) in [6.07, 6.45) is 9.60. The molecule has 21 heavy (non-hydrogen) atoms. The summed E-state index contributed by atoms with van der Waals surface area (Å²) in [5, 5.41) is 22.2. The van der Waals surface area contributed by atoms with E-state index in [9.17, 15) is 5.11 Å². The van der Waals surface area contributed by atoms with Gasteiger partial charge in [-0.05, 0) is 18.8 Å². The standard InChI is InChI=1S/C14H16N6O/c15-5-11-6-17-7-14(18-11)19-12-3-10(4-13(12)21)8-20-2-1-16-9-20/h1-2,6-7,9-10,12-13,21H,3-4,8H2,(H,18,19)/t10?,12-,13-/m1/s1. The predicted molar refractivity (Wildman–Crippen MR) is 75.1 cm³/mol. The largest absolute Gasteiger partial charge is 0.391 e. The van der Waals surface area contributed by atoms with Gasteiger partial charge >= 0.3 is 0 Å². The Morgan fingerprint density at radius 2 is 2.29 bits per heavy atom. The van der Waals surface area contributed by atoms with Crippen LogP contribution in [0.1, 0.15) is 18.5 Å². The minimum absolute atomic E-state index is 0.0678. The zero-order chi connectivity index (χ0) is 14.7. The maximum Gasteiger partial charge on any atom is 0.161 e. The van der Waals surface area contributed by atoms with Gasteiger partial charge in [0.2, 0.25) is 0 Å². The van der Waals surface area contributed by atoms with Crippen molar-refractivity contribution >= 4 is 5.82 Å². The highest BCUT2D eigenvalue weighted by Crippen LogP contribution is 2.29. The minimum Gasteiger partial charge on any atom is -0.391 e. The first kappa shape index (κ1) is 13.5. The monoisotopic (exact) mass is 284 g/mol. The number of anilines is 1. The lowest BCUT2D eigenvalue weighted by atomic mass is 10.1. The van der Waals surface area contributed by atoms with Gasteiger partial charge in [-0.15, -0.1) is 0 Å². The number of nitrogens with zero attached hydrogens (tertiary/aromatic N) is 5. The number of rotatable bonds is 4. The van der Waals surface area contributed by atoms with E-state index in [0.717, 1.165) is 19.4 Å². The Kier molecular flexibility index (Phi) is 3.79. The highest BCUT2D eigenvalue weighted by Gasteiger charge is 2.33. The number of nitriles is 1. The van der Waals surface area contributed by atoms with Crippen LogP contribution in [-0.2, 0) is 6.54 Å². The number of aliphatic hydroxyl groups is 1. The molecule has 2 N–H and O–H groups in total. The van der Waals surface area contributed by atoms with Gasteiger partial charge in [0.05, 0.1) is 30.9 Å². The molecule has 3 rings (SSSR count). The van der Waals surface area contributed by atoms with E-state index in [4.69, 9.17) is 5.26 Å². The highest BCUT2D eigenvalue weighted by atomic mass is 16.3. The van der Waals surface area contributed by atoms with Crippen molar-refractivity contribution in [2.75, 3.05) is 5.32 Å². The molecule has 3 atom stereocenters. The lowest BCUT2D eigenvalue weighted by Gasteiger charge is -2.16. The fourth-order valence-corrected chi connectivity index (χ4v) is 2.79. The van der Waals surface area contributed by atoms with E-state index in [1.165, 1.54) is 6.20 Å². The molecule has 2 heterocycles. The fourth-order valence-electron chi connectivity index (χ4n) is 2.79. The fraction of sp³-hybridized carbons (Fsp3) is 0.429. The van der Waals surface area contributed by atoms with Crippen molar-refractivity contribution in [2.45, 2.75) is 31.5 Å². The van der Waals surface area contributed by atoms with E-state index in [2.05, 4.69) is 20.3 Å². The van der Waals surface area contributed by atoms with Crippen LogP contribution in [0.25, 0.3) is 0 Å². The van der Waals surface area contributed by atoms with Crippen molar-refractivity contribution in [3.05, 3.63) is 36.8 Å². The van der Waals surface area contributed by atoms with Crippen LogP contribution in [0.3, 0.4) is 0 Å². The Balaban J connectivity index is 1.62. The summed E-state index contributed by atoms with van der Waals surface area (Å²) in [5.41, 5.74) is 0.266. The Hall–Kier alpha value is -2.46.